The number of rotatable bonds is 4. The lowest BCUT2D eigenvalue weighted by molar-refractivity contribution is 0.116. The monoisotopic (exact) mass is 340 g/mol. The molecule has 0 amide bonds. The van der Waals surface area contributed by atoms with Gasteiger partial charge < -0.3 is 5.73 Å². The molecule has 2 fully saturated rings. The Morgan fingerprint density at radius 2 is 1.90 bits per heavy atom. The van der Waals surface area contributed by atoms with Gasteiger partial charge in [-0.25, -0.2) is 0 Å². The fourth-order valence-electron chi connectivity index (χ4n) is 3.92. The second-order valence-electron chi connectivity index (χ2n) is 6.17. The molecule has 0 saturated carbocycles. The summed E-state index contributed by atoms with van der Waals surface area (Å²) >= 11 is 3.77. The van der Waals surface area contributed by atoms with Gasteiger partial charge in [-0.2, -0.15) is 5.10 Å². The van der Waals surface area contributed by atoms with Gasteiger partial charge in [0.2, 0.25) is 0 Å². The summed E-state index contributed by atoms with van der Waals surface area (Å²) in [6, 6.07) is 1.77. The summed E-state index contributed by atoms with van der Waals surface area (Å²) in [4.78, 5) is 2.68. The molecule has 2 aliphatic rings. The van der Waals surface area contributed by atoms with E-state index in [4.69, 9.17) is 10.8 Å². The van der Waals surface area contributed by atoms with Crippen molar-refractivity contribution in [3.05, 3.63) is 15.9 Å². The SMILES string of the molecule is CCc1nn(CC)c(CN2C3CCC2CC(N)C3)c1Br. The third-order valence-corrected chi connectivity index (χ3v) is 5.86. The van der Waals surface area contributed by atoms with Crippen molar-refractivity contribution >= 4 is 15.9 Å². The maximum atomic E-state index is 6.17. The van der Waals surface area contributed by atoms with Crippen LogP contribution in [0.5, 0.6) is 0 Å². The molecule has 2 bridgehead atoms. The molecule has 0 aliphatic carbocycles. The van der Waals surface area contributed by atoms with Gasteiger partial charge in [0.05, 0.1) is 15.9 Å². The van der Waals surface area contributed by atoms with E-state index >= 15 is 0 Å². The highest BCUT2D eigenvalue weighted by atomic mass is 79.9. The first kappa shape index (κ1) is 14.5. The summed E-state index contributed by atoms with van der Waals surface area (Å²) in [5.74, 6) is 0. The first-order valence-corrected chi connectivity index (χ1v) is 8.68. The van der Waals surface area contributed by atoms with E-state index < -0.39 is 0 Å². The molecule has 112 valence electrons. The Labute approximate surface area is 129 Å². The van der Waals surface area contributed by atoms with Crippen LogP contribution in [0.4, 0.5) is 0 Å². The molecule has 3 rings (SSSR count). The molecule has 2 N–H and O–H groups in total. The maximum Gasteiger partial charge on any atom is 0.0767 e. The summed E-state index contributed by atoms with van der Waals surface area (Å²) < 4.78 is 3.38. The van der Waals surface area contributed by atoms with Crippen LogP contribution in [0.2, 0.25) is 0 Å². The average Bonchev–Trinajstić information content (AvgIpc) is 2.86. The van der Waals surface area contributed by atoms with Gasteiger partial charge in [-0.15, -0.1) is 0 Å². The fourth-order valence-corrected chi connectivity index (χ4v) is 4.61. The lowest BCUT2D eigenvalue weighted by Crippen LogP contribution is -2.47. The minimum Gasteiger partial charge on any atom is -0.328 e. The van der Waals surface area contributed by atoms with Gasteiger partial charge in [0.15, 0.2) is 0 Å². The summed E-state index contributed by atoms with van der Waals surface area (Å²) in [7, 11) is 0. The van der Waals surface area contributed by atoms with E-state index in [1.807, 2.05) is 0 Å². The Morgan fingerprint density at radius 3 is 2.45 bits per heavy atom. The zero-order valence-corrected chi connectivity index (χ0v) is 14.1. The number of halogens is 1. The molecular weight excluding hydrogens is 316 g/mol. The molecule has 0 spiro atoms. The van der Waals surface area contributed by atoms with Gasteiger partial charge in [-0.05, 0) is 55.0 Å². The van der Waals surface area contributed by atoms with Crippen molar-refractivity contribution in [2.24, 2.45) is 5.73 Å². The van der Waals surface area contributed by atoms with Crippen molar-refractivity contribution in [2.45, 2.75) is 77.2 Å². The van der Waals surface area contributed by atoms with E-state index in [2.05, 4.69) is 39.4 Å². The first-order valence-electron chi connectivity index (χ1n) is 7.89. The molecule has 2 saturated heterocycles. The van der Waals surface area contributed by atoms with E-state index in [1.54, 1.807) is 0 Å². The molecule has 1 aromatic heterocycles. The smallest absolute Gasteiger partial charge is 0.0767 e. The van der Waals surface area contributed by atoms with Crippen LogP contribution >= 0.6 is 15.9 Å². The third-order valence-electron chi connectivity index (χ3n) is 4.95. The van der Waals surface area contributed by atoms with Gasteiger partial charge >= 0.3 is 0 Å². The average molecular weight is 341 g/mol. The molecule has 20 heavy (non-hydrogen) atoms. The highest BCUT2D eigenvalue weighted by Gasteiger charge is 2.40. The Bertz CT molecular complexity index is 470. The topological polar surface area (TPSA) is 47.1 Å². The Morgan fingerprint density at radius 1 is 1.25 bits per heavy atom. The number of nitrogens with zero attached hydrogens (tertiary/aromatic N) is 3. The maximum absolute atomic E-state index is 6.17. The lowest BCUT2D eigenvalue weighted by Gasteiger charge is -2.37. The van der Waals surface area contributed by atoms with E-state index in [-0.39, 0.29) is 0 Å². The van der Waals surface area contributed by atoms with Crippen LogP contribution in [0.25, 0.3) is 0 Å². The predicted molar refractivity (Wildman–Crippen MR) is 84.5 cm³/mol. The van der Waals surface area contributed by atoms with Crippen LogP contribution < -0.4 is 5.73 Å². The molecule has 0 radical (unpaired) electrons. The molecule has 2 aliphatic heterocycles. The van der Waals surface area contributed by atoms with Crippen LogP contribution in [-0.2, 0) is 19.5 Å². The third kappa shape index (κ3) is 2.44. The van der Waals surface area contributed by atoms with E-state index in [9.17, 15) is 0 Å². The van der Waals surface area contributed by atoms with E-state index in [0.29, 0.717) is 18.1 Å². The summed E-state index contributed by atoms with van der Waals surface area (Å²) in [6.07, 6.45) is 5.94. The molecule has 1 aromatic rings. The minimum atomic E-state index is 0.412. The number of hydrogen-bond donors (Lipinski definition) is 1. The van der Waals surface area contributed by atoms with Crippen LogP contribution in [0.15, 0.2) is 4.47 Å². The Kier molecular flexibility index (Phi) is 4.20. The van der Waals surface area contributed by atoms with Crippen molar-refractivity contribution in [3.63, 3.8) is 0 Å². The summed E-state index contributed by atoms with van der Waals surface area (Å²) in [6.45, 7) is 6.30. The van der Waals surface area contributed by atoms with Gasteiger partial charge in [-0.3, -0.25) is 9.58 Å². The van der Waals surface area contributed by atoms with Crippen LogP contribution in [0.1, 0.15) is 50.9 Å². The number of hydrogen-bond acceptors (Lipinski definition) is 3. The van der Waals surface area contributed by atoms with Gasteiger partial charge in [0.25, 0.3) is 0 Å². The molecule has 2 atom stereocenters. The highest BCUT2D eigenvalue weighted by Crippen LogP contribution is 2.37. The summed E-state index contributed by atoms with van der Waals surface area (Å²) in [5.41, 5.74) is 8.70. The Hall–Kier alpha value is -0.390. The van der Waals surface area contributed by atoms with Crippen molar-refractivity contribution in [2.75, 3.05) is 0 Å². The second-order valence-corrected chi connectivity index (χ2v) is 6.96. The molecule has 5 heteroatoms. The Balaban J connectivity index is 1.83. The number of aromatic nitrogens is 2. The largest absolute Gasteiger partial charge is 0.328 e. The standard InChI is InChI=1S/C15H25BrN4/c1-3-13-15(16)14(20(4-2)18-13)9-19-11-5-6-12(19)8-10(17)7-11/h10-12H,3-9,17H2,1-2H3. The number of nitrogens with two attached hydrogens (primary N) is 1. The highest BCUT2D eigenvalue weighted by molar-refractivity contribution is 9.10. The molecule has 0 aromatic carbocycles. The lowest BCUT2D eigenvalue weighted by atomic mass is 9.98. The molecule has 4 nitrogen and oxygen atoms in total. The van der Waals surface area contributed by atoms with Crippen LogP contribution in [-0.4, -0.2) is 32.8 Å². The zero-order chi connectivity index (χ0) is 14.3. The second kappa shape index (κ2) is 5.78. The predicted octanol–water partition coefficient (Wildman–Crippen LogP) is 2.68. The van der Waals surface area contributed by atoms with Crippen molar-refractivity contribution in [1.82, 2.24) is 14.7 Å². The van der Waals surface area contributed by atoms with Crippen molar-refractivity contribution in [1.29, 1.82) is 0 Å². The van der Waals surface area contributed by atoms with E-state index in [1.165, 1.54) is 28.7 Å². The van der Waals surface area contributed by atoms with Gasteiger partial charge in [0.1, 0.15) is 0 Å². The van der Waals surface area contributed by atoms with E-state index in [0.717, 1.165) is 32.4 Å². The van der Waals surface area contributed by atoms with Gasteiger partial charge in [0, 0.05) is 31.2 Å². The molecule has 2 unspecified atom stereocenters. The van der Waals surface area contributed by atoms with Crippen LogP contribution in [0.3, 0.4) is 0 Å². The molecule has 3 heterocycles. The number of piperidine rings is 1. The number of aryl methyl sites for hydroxylation is 2. The van der Waals surface area contributed by atoms with Crippen LogP contribution in [0, 0.1) is 0 Å². The minimum absolute atomic E-state index is 0.412. The summed E-state index contributed by atoms with van der Waals surface area (Å²) in [5, 5.41) is 4.72. The zero-order valence-electron chi connectivity index (χ0n) is 12.5. The molecular formula is C15H25BrN4. The fraction of sp³-hybridized carbons (Fsp3) is 0.800. The van der Waals surface area contributed by atoms with Gasteiger partial charge in [-0.1, -0.05) is 6.92 Å². The number of fused-ring (bicyclic) bond motifs is 2. The normalized spacial score (nSPS) is 30.1. The van der Waals surface area contributed by atoms with Crippen molar-refractivity contribution < 1.29 is 0 Å². The quantitative estimate of drug-likeness (QED) is 0.916. The van der Waals surface area contributed by atoms with Crippen molar-refractivity contribution in [3.8, 4) is 0 Å². The first-order chi connectivity index (χ1) is 9.63.